The fourth-order valence-electron chi connectivity index (χ4n) is 4.23. The smallest absolute Gasteiger partial charge is 0.341 e. The van der Waals surface area contributed by atoms with E-state index >= 15 is 0 Å². The minimum Gasteiger partial charge on any atom is -0.341 e. The molecule has 1 atom stereocenters. The normalized spacial score (nSPS) is 21.5. The summed E-state index contributed by atoms with van der Waals surface area (Å²) >= 11 is 5.72. The molecule has 29 heavy (non-hydrogen) atoms. The Kier molecular flexibility index (Phi) is 5.96. The standard InChI is InChI=1S/C20H26F3N5S/c21-20(22,23)16-8-7-11-25(14-16)15-27-19(29)28(17-9-3-1-4-10-17)18(24-27)26-12-5-2-6-13-26/h1,3-4,9-10,16H,2,5-8,11-15H2/t16-/m0/s1. The molecule has 1 aromatic heterocycles. The highest BCUT2D eigenvalue weighted by atomic mass is 32.1. The van der Waals surface area contributed by atoms with Gasteiger partial charge in [-0.15, -0.1) is 5.10 Å². The van der Waals surface area contributed by atoms with Gasteiger partial charge in [0.15, 0.2) is 0 Å². The lowest BCUT2D eigenvalue weighted by molar-refractivity contribution is -0.188. The highest BCUT2D eigenvalue weighted by Gasteiger charge is 2.41. The zero-order chi connectivity index (χ0) is 20.4. The van der Waals surface area contributed by atoms with Gasteiger partial charge in [0, 0.05) is 19.6 Å². The van der Waals surface area contributed by atoms with Gasteiger partial charge in [0.1, 0.15) is 0 Å². The van der Waals surface area contributed by atoms with E-state index in [0.29, 0.717) is 17.7 Å². The molecule has 0 saturated carbocycles. The van der Waals surface area contributed by atoms with E-state index in [0.717, 1.165) is 37.6 Å². The second-order valence-corrected chi connectivity index (χ2v) is 8.27. The quantitative estimate of drug-likeness (QED) is 0.669. The van der Waals surface area contributed by atoms with E-state index in [1.54, 1.807) is 4.68 Å². The Hall–Kier alpha value is -1.87. The summed E-state index contributed by atoms with van der Waals surface area (Å²) in [7, 11) is 0. The zero-order valence-corrected chi connectivity index (χ0v) is 17.1. The van der Waals surface area contributed by atoms with E-state index in [1.165, 1.54) is 6.42 Å². The SMILES string of the molecule is FC(F)(F)[C@H]1CCCN(Cn2nc(N3CCCCC3)n(-c3ccccc3)c2=S)C1. The summed E-state index contributed by atoms with van der Waals surface area (Å²) in [6, 6.07) is 9.81. The van der Waals surface area contributed by atoms with Crippen LogP contribution in [0.2, 0.25) is 0 Å². The van der Waals surface area contributed by atoms with Gasteiger partial charge in [-0.3, -0.25) is 9.47 Å². The first-order valence-electron chi connectivity index (χ1n) is 10.2. The lowest BCUT2D eigenvalue weighted by atomic mass is 9.98. The maximum Gasteiger partial charge on any atom is 0.393 e. The fourth-order valence-corrected chi connectivity index (χ4v) is 4.52. The maximum atomic E-state index is 13.2. The van der Waals surface area contributed by atoms with Crippen molar-refractivity contribution in [3.05, 3.63) is 35.1 Å². The topological polar surface area (TPSA) is 29.2 Å². The highest BCUT2D eigenvalue weighted by molar-refractivity contribution is 7.71. The molecule has 5 nitrogen and oxygen atoms in total. The number of rotatable bonds is 4. The molecule has 4 rings (SSSR count). The molecule has 3 heterocycles. The van der Waals surface area contributed by atoms with E-state index in [9.17, 15) is 13.2 Å². The monoisotopic (exact) mass is 425 g/mol. The van der Waals surface area contributed by atoms with Crippen molar-refractivity contribution < 1.29 is 13.2 Å². The van der Waals surface area contributed by atoms with Crippen molar-refractivity contribution in [1.29, 1.82) is 0 Å². The summed E-state index contributed by atoms with van der Waals surface area (Å²) in [6.07, 6.45) is -0.00126. The van der Waals surface area contributed by atoms with Gasteiger partial charge in [0.05, 0.1) is 18.3 Å². The molecule has 2 saturated heterocycles. The minimum atomic E-state index is -4.15. The number of halogens is 3. The molecule has 158 valence electrons. The largest absolute Gasteiger partial charge is 0.393 e. The predicted molar refractivity (Wildman–Crippen MR) is 109 cm³/mol. The summed E-state index contributed by atoms with van der Waals surface area (Å²) in [5.41, 5.74) is 0.927. The fraction of sp³-hybridized carbons (Fsp3) is 0.600. The van der Waals surface area contributed by atoms with Crippen molar-refractivity contribution in [2.45, 2.75) is 44.9 Å². The van der Waals surface area contributed by atoms with Gasteiger partial charge in [-0.2, -0.15) is 13.2 Å². The first-order valence-corrected chi connectivity index (χ1v) is 10.6. The average Bonchev–Trinajstić information content (AvgIpc) is 3.05. The number of nitrogens with zero attached hydrogens (tertiary/aromatic N) is 5. The lowest BCUT2D eigenvalue weighted by Gasteiger charge is -2.33. The molecule has 0 spiro atoms. The third-order valence-electron chi connectivity index (χ3n) is 5.78. The van der Waals surface area contributed by atoms with E-state index in [-0.39, 0.29) is 19.6 Å². The van der Waals surface area contributed by atoms with Gasteiger partial charge < -0.3 is 4.90 Å². The maximum absolute atomic E-state index is 13.2. The number of hydrogen-bond donors (Lipinski definition) is 0. The first-order chi connectivity index (χ1) is 13.9. The molecular weight excluding hydrogens is 399 g/mol. The second-order valence-electron chi connectivity index (χ2n) is 7.90. The number of alkyl halides is 3. The molecule has 2 aliphatic heterocycles. The Bertz CT molecular complexity index is 870. The summed E-state index contributed by atoms with van der Waals surface area (Å²) in [4.78, 5) is 4.05. The van der Waals surface area contributed by atoms with Crippen molar-refractivity contribution in [2.75, 3.05) is 31.1 Å². The summed E-state index contributed by atoms with van der Waals surface area (Å²) in [6.45, 7) is 2.75. The molecule has 0 bridgehead atoms. The minimum absolute atomic E-state index is 0.00250. The van der Waals surface area contributed by atoms with Gasteiger partial charge in [0.25, 0.3) is 0 Å². The van der Waals surface area contributed by atoms with Crippen LogP contribution >= 0.6 is 12.2 Å². The van der Waals surface area contributed by atoms with Gasteiger partial charge in [-0.25, -0.2) is 4.68 Å². The second kappa shape index (κ2) is 8.47. The number of hydrogen-bond acceptors (Lipinski definition) is 4. The third kappa shape index (κ3) is 4.50. The molecular formula is C20H26F3N5S. The molecule has 9 heteroatoms. The van der Waals surface area contributed by atoms with Crippen LogP contribution in [0.5, 0.6) is 0 Å². The summed E-state index contributed by atoms with van der Waals surface area (Å²) < 4.78 is 43.7. The van der Waals surface area contributed by atoms with E-state index < -0.39 is 12.1 Å². The van der Waals surface area contributed by atoms with Gasteiger partial charge >= 0.3 is 6.18 Å². The van der Waals surface area contributed by atoms with E-state index in [2.05, 4.69) is 4.90 Å². The number of piperidine rings is 2. The molecule has 2 aliphatic rings. The molecule has 2 aromatic rings. The Labute approximate surface area is 173 Å². The number of anilines is 1. The van der Waals surface area contributed by atoms with Crippen LogP contribution in [0.25, 0.3) is 5.69 Å². The number of likely N-dealkylation sites (tertiary alicyclic amines) is 1. The van der Waals surface area contributed by atoms with Crippen molar-refractivity contribution in [1.82, 2.24) is 19.2 Å². The van der Waals surface area contributed by atoms with Crippen LogP contribution in [0.4, 0.5) is 19.1 Å². The Morgan fingerprint density at radius 1 is 1.00 bits per heavy atom. The van der Waals surface area contributed by atoms with Crippen molar-refractivity contribution in [3.63, 3.8) is 0 Å². The van der Waals surface area contributed by atoms with Gasteiger partial charge in [0.2, 0.25) is 10.7 Å². The molecule has 2 fully saturated rings. The Balaban J connectivity index is 1.64. The number of para-hydroxylation sites is 1. The zero-order valence-electron chi connectivity index (χ0n) is 16.3. The van der Waals surface area contributed by atoms with Crippen LogP contribution in [0.15, 0.2) is 30.3 Å². The van der Waals surface area contributed by atoms with Crippen LogP contribution in [0.3, 0.4) is 0 Å². The molecule has 1 aromatic carbocycles. The molecule has 0 N–H and O–H groups in total. The van der Waals surface area contributed by atoms with Crippen molar-refractivity contribution >= 4 is 18.2 Å². The van der Waals surface area contributed by atoms with Crippen LogP contribution in [-0.2, 0) is 6.67 Å². The van der Waals surface area contributed by atoms with Crippen LogP contribution in [0, 0.1) is 10.7 Å². The number of benzene rings is 1. The van der Waals surface area contributed by atoms with Crippen molar-refractivity contribution in [2.24, 2.45) is 5.92 Å². The number of aromatic nitrogens is 3. The van der Waals surface area contributed by atoms with Crippen molar-refractivity contribution in [3.8, 4) is 5.69 Å². The van der Waals surface area contributed by atoms with E-state index in [4.69, 9.17) is 17.3 Å². The first kappa shape index (κ1) is 20.4. The summed E-state index contributed by atoms with van der Waals surface area (Å²) in [5, 5.41) is 4.77. The van der Waals surface area contributed by atoms with E-state index in [1.807, 2.05) is 39.8 Å². The molecule has 0 aliphatic carbocycles. The van der Waals surface area contributed by atoms with Crippen LogP contribution in [0.1, 0.15) is 32.1 Å². The average molecular weight is 426 g/mol. The van der Waals surface area contributed by atoms with Gasteiger partial charge in [-0.1, -0.05) is 18.2 Å². The van der Waals surface area contributed by atoms with Crippen LogP contribution in [-0.4, -0.2) is 51.6 Å². The molecule has 0 radical (unpaired) electrons. The lowest BCUT2D eigenvalue weighted by Crippen LogP contribution is -2.42. The molecule has 0 unspecified atom stereocenters. The van der Waals surface area contributed by atoms with Crippen LogP contribution < -0.4 is 4.90 Å². The predicted octanol–water partition coefficient (Wildman–Crippen LogP) is 4.63. The summed E-state index contributed by atoms with van der Waals surface area (Å²) in [5.74, 6) is -0.492. The Morgan fingerprint density at radius 3 is 2.41 bits per heavy atom. The third-order valence-corrected chi connectivity index (χ3v) is 6.17. The Morgan fingerprint density at radius 2 is 1.72 bits per heavy atom. The van der Waals surface area contributed by atoms with Gasteiger partial charge in [-0.05, 0) is 63.0 Å². The molecule has 0 amide bonds. The highest BCUT2D eigenvalue weighted by Crippen LogP contribution is 2.33.